The Morgan fingerprint density at radius 3 is 2.64 bits per heavy atom. The Labute approximate surface area is 145 Å². The highest BCUT2D eigenvalue weighted by atomic mass is 16.5. The van der Waals surface area contributed by atoms with E-state index in [9.17, 15) is 14.4 Å². The van der Waals surface area contributed by atoms with Crippen LogP contribution in [0.25, 0.3) is 10.9 Å². The molecule has 0 radical (unpaired) electrons. The second-order valence-electron chi connectivity index (χ2n) is 5.69. The van der Waals surface area contributed by atoms with Crippen molar-refractivity contribution in [3.63, 3.8) is 0 Å². The summed E-state index contributed by atoms with van der Waals surface area (Å²) >= 11 is 0. The van der Waals surface area contributed by atoms with Crippen LogP contribution in [0.3, 0.4) is 0 Å². The quantitative estimate of drug-likeness (QED) is 0.738. The van der Waals surface area contributed by atoms with Gasteiger partial charge in [0.2, 0.25) is 5.91 Å². The molecule has 0 saturated carbocycles. The lowest BCUT2D eigenvalue weighted by molar-refractivity contribution is -0.147. The molecule has 1 heterocycles. The number of esters is 1. The number of pyridine rings is 1. The summed E-state index contributed by atoms with van der Waals surface area (Å²) in [6.45, 7) is 3.58. The number of nitrogens with zero attached hydrogens (tertiary/aromatic N) is 1. The first kappa shape index (κ1) is 18.4. The lowest BCUT2D eigenvalue weighted by Gasteiger charge is -2.19. The molecule has 2 atom stereocenters. The predicted octanol–water partition coefficient (Wildman–Crippen LogP) is 1.41. The van der Waals surface area contributed by atoms with E-state index in [-0.39, 0.29) is 13.0 Å². The summed E-state index contributed by atoms with van der Waals surface area (Å²) in [5.74, 6) is -2.15. The largest absolute Gasteiger partial charge is 0.466 e. The molecule has 1 aromatic carbocycles. The first-order valence-corrected chi connectivity index (χ1v) is 8.04. The second kappa shape index (κ2) is 8.23. The van der Waals surface area contributed by atoms with E-state index in [0.29, 0.717) is 16.5 Å². The molecule has 2 rings (SSSR count). The van der Waals surface area contributed by atoms with Gasteiger partial charge >= 0.3 is 5.97 Å². The molecule has 0 aliphatic carbocycles. The fourth-order valence-corrected chi connectivity index (χ4v) is 2.51. The highest BCUT2D eigenvalue weighted by Gasteiger charge is 2.26. The monoisotopic (exact) mass is 343 g/mol. The zero-order chi connectivity index (χ0) is 18.4. The van der Waals surface area contributed by atoms with Crippen LogP contribution < -0.4 is 11.1 Å². The van der Waals surface area contributed by atoms with E-state index >= 15 is 0 Å². The summed E-state index contributed by atoms with van der Waals surface area (Å²) in [6, 6.07) is 7.79. The van der Waals surface area contributed by atoms with Gasteiger partial charge in [0, 0.05) is 11.6 Å². The molecule has 3 N–H and O–H groups in total. The smallest absolute Gasteiger partial charge is 0.308 e. The Morgan fingerprint density at radius 2 is 1.96 bits per heavy atom. The molecule has 132 valence electrons. The summed E-state index contributed by atoms with van der Waals surface area (Å²) in [4.78, 5) is 40.2. The number of para-hydroxylation sites is 1. The average molecular weight is 343 g/mol. The third kappa shape index (κ3) is 4.53. The molecule has 0 fully saturated rings. The number of aromatic nitrogens is 1. The van der Waals surface area contributed by atoms with Gasteiger partial charge in [-0.2, -0.15) is 0 Å². The fraction of sp³-hybridized carbons (Fsp3) is 0.333. The van der Waals surface area contributed by atoms with Crippen LogP contribution in [0.2, 0.25) is 0 Å². The Bertz CT molecular complexity index is 785. The summed E-state index contributed by atoms with van der Waals surface area (Å²) in [7, 11) is 0. The van der Waals surface area contributed by atoms with Gasteiger partial charge in [0.25, 0.3) is 5.91 Å². The van der Waals surface area contributed by atoms with Gasteiger partial charge in [-0.25, -0.2) is 0 Å². The minimum absolute atomic E-state index is 0.0723. The van der Waals surface area contributed by atoms with Crippen LogP contribution >= 0.6 is 0 Å². The summed E-state index contributed by atoms with van der Waals surface area (Å²) < 4.78 is 4.92. The van der Waals surface area contributed by atoms with Crippen molar-refractivity contribution in [2.45, 2.75) is 26.3 Å². The lowest BCUT2D eigenvalue weighted by Crippen LogP contribution is -2.46. The number of carbonyl (C=O) groups is 3. The van der Waals surface area contributed by atoms with Crippen molar-refractivity contribution >= 4 is 28.7 Å². The number of nitrogens with one attached hydrogen (secondary N) is 1. The molecular weight excluding hydrogens is 322 g/mol. The number of benzene rings is 1. The van der Waals surface area contributed by atoms with E-state index in [2.05, 4.69) is 10.3 Å². The van der Waals surface area contributed by atoms with Gasteiger partial charge in [-0.3, -0.25) is 19.4 Å². The molecule has 0 saturated heterocycles. The highest BCUT2D eigenvalue weighted by Crippen LogP contribution is 2.17. The summed E-state index contributed by atoms with van der Waals surface area (Å²) in [6.07, 6.45) is 1.60. The molecule has 0 bridgehead atoms. The van der Waals surface area contributed by atoms with Gasteiger partial charge in [0.05, 0.1) is 23.6 Å². The molecule has 1 aromatic heterocycles. The van der Waals surface area contributed by atoms with Crippen molar-refractivity contribution in [3.05, 3.63) is 42.1 Å². The van der Waals surface area contributed by atoms with Crippen LogP contribution in [-0.4, -0.2) is 35.4 Å². The van der Waals surface area contributed by atoms with E-state index < -0.39 is 29.7 Å². The Morgan fingerprint density at radius 1 is 1.24 bits per heavy atom. The van der Waals surface area contributed by atoms with Crippen molar-refractivity contribution in [1.82, 2.24) is 10.3 Å². The van der Waals surface area contributed by atoms with Gasteiger partial charge in [-0.1, -0.05) is 25.1 Å². The number of fused-ring (bicyclic) bond motifs is 1. The van der Waals surface area contributed by atoms with E-state index in [0.717, 1.165) is 0 Å². The first-order valence-electron chi connectivity index (χ1n) is 8.04. The molecule has 0 aliphatic heterocycles. The normalized spacial score (nSPS) is 13.0. The second-order valence-corrected chi connectivity index (χ2v) is 5.69. The average Bonchev–Trinajstić information content (AvgIpc) is 2.60. The van der Waals surface area contributed by atoms with Crippen molar-refractivity contribution in [1.29, 1.82) is 0 Å². The predicted molar refractivity (Wildman–Crippen MR) is 92.6 cm³/mol. The Kier molecular flexibility index (Phi) is 6.05. The highest BCUT2D eigenvalue weighted by molar-refractivity contribution is 6.07. The molecule has 7 nitrogen and oxygen atoms in total. The van der Waals surface area contributed by atoms with E-state index in [1.165, 1.54) is 6.20 Å². The lowest BCUT2D eigenvalue weighted by atomic mass is 10.0. The van der Waals surface area contributed by atoms with E-state index in [1.54, 1.807) is 38.1 Å². The maximum absolute atomic E-state index is 12.6. The van der Waals surface area contributed by atoms with Gasteiger partial charge in [0.1, 0.15) is 6.04 Å². The molecule has 2 aromatic rings. The van der Waals surface area contributed by atoms with Crippen molar-refractivity contribution in [3.8, 4) is 0 Å². The van der Waals surface area contributed by atoms with Gasteiger partial charge in [0.15, 0.2) is 0 Å². The number of rotatable bonds is 7. The maximum Gasteiger partial charge on any atom is 0.308 e. The number of nitrogens with two attached hydrogens (primary N) is 1. The molecule has 25 heavy (non-hydrogen) atoms. The third-order valence-electron chi connectivity index (χ3n) is 3.82. The third-order valence-corrected chi connectivity index (χ3v) is 3.82. The van der Waals surface area contributed by atoms with E-state index in [4.69, 9.17) is 10.5 Å². The van der Waals surface area contributed by atoms with Gasteiger partial charge in [-0.05, 0) is 25.5 Å². The SMILES string of the molecule is CCOC(=O)[C@H](C)C[C@H](NC(=O)c1ccnc2ccccc12)C(N)=O. The molecule has 7 heteroatoms. The maximum atomic E-state index is 12.6. The number of ether oxygens (including phenoxy) is 1. The number of hydrogen-bond donors (Lipinski definition) is 2. The summed E-state index contributed by atoms with van der Waals surface area (Å²) in [5.41, 5.74) is 6.44. The zero-order valence-corrected chi connectivity index (χ0v) is 14.2. The number of carbonyl (C=O) groups excluding carboxylic acids is 3. The van der Waals surface area contributed by atoms with Crippen LogP contribution in [-0.2, 0) is 14.3 Å². The van der Waals surface area contributed by atoms with Crippen LogP contribution in [0, 0.1) is 5.92 Å². The van der Waals surface area contributed by atoms with Crippen molar-refractivity contribution in [2.75, 3.05) is 6.61 Å². The number of amides is 2. The fourth-order valence-electron chi connectivity index (χ4n) is 2.51. The Balaban J connectivity index is 2.17. The first-order chi connectivity index (χ1) is 11.9. The Hall–Kier alpha value is -2.96. The molecule has 0 spiro atoms. The number of hydrogen-bond acceptors (Lipinski definition) is 5. The van der Waals surface area contributed by atoms with Crippen LogP contribution in [0.15, 0.2) is 36.5 Å². The molecule has 0 unspecified atom stereocenters. The molecule has 0 aliphatic rings. The van der Waals surface area contributed by atoms with Crippen molar-refractivity contribution < 1.29 is 19.1 Å². The molecular formula is C18H21N3O4. The van der Waals surface area contributed by atoms with E-state index in [1.807, 2.05) is 6.07 Å². The van der Waals surface area contributed by atoms with Crippen LogP contribution in [0.4, 0.5) is 0 Å². The van der Waals surface area contributed by atoms with Crippen LogP contribution in [0.1, 0.15) is 30.6 Å². The van der Waals surface area contributed by atoms with Crippen molar-refractivity contribution in [2.24, 2.45) is 11.7 Å². The van der Waals surface area contributed by atoms with Crippen LogP contribution in [0.5, 0.6) is 0 Å². The minimum Gasteiger partial charge on any atom is -0.466 e. The molecule has 2 amide bonds. The minimum atomic E-state index is -0.973. The topological polar surface area (TPSA) is 111 Å². The standard InChI is InChI=1S/C18H21N3O4/c1-3-25-18(24)11(2)10-15(16(19)22)21-17(23)13-8-9-20-14-7-5-4-6-12(13)14/h4-9,11,15H,3,10H2,1-2H3,(H2,19,22)(H,21,23)/t11-,15+/m1/s1. The zero-order valence-electron chi connectivity index (χ0n) is 14.2. The van der Waals surface area contributed by atoms with Gasteiger partial charge in [-0.15, -0.1) is 0 Å². The summed E-state index contributed by atoms with van der Waals surface area (Å²) in [5, 5.41) is 3.27. The van der Waals surface area contributed by atoms with Gasteiger partial charge < -0.3 is 15.8 Å². The number of primary amides is 1.